The third-order valence-corrected chi connectivity index (χ3v) is 2.81. The Hall–Kier alpha value is -2.10. The number of nitrogens with two attached hydrogens (primary N) is 1. The van der Waals surface area contributed by atoms with E-state index in [2.05, 4.69) is 5.43 Å². The lowest BCUT2D eigenvalue weighted by atomic mass is 10.1. The van der Waals surface area contributed by atoms with Gasteiger partial charge in [-0.05, 0) is 12.1 Å². The maximum absolute atomic E-state index is 12.3. The van der Waals surface area contributed by atoms with E-state index in [1.165, 1.54) is 0 Å². The number of anilines is 1. The van der Waals surface area contributed by atoms with E-state index in [1.54, 1.807) is 29.2 Å². The smallest absolute Gasteiger partial charge is 0.256 e. The van der Waals surface area contributed by atoms with Crippen molar-refractivity contribution in [2.75, 3.05) is 25.1 Å². The summed E-state index contributed by atoms with van der Waals surface area (Å²) in [6.07, 6.45) is -0.555. The van der Waals surface area contributed by atoms with Gasteiger partial charge in [0.25, 0.3) is 5.91 Å². The molecule has 1 aliphatic rings. The van der Waals surface area contributed by atoms with Crippen molar-refractivity contribution in [1.82, 2.24) is 4.90 Å². The Morgan fingerprint density at radius 3 is 3.06 bits per heavy atom. The molecule has 1 saturated heterocycles. The lowest BCUT2D eigenvalue weighted by molar-refractivity contribution is 0.00351. The Bertz CT molecular complexity index is 483. The Kier molecular flexibility index (Phi) is 3.77. The first-order chi connectivity index (χ1) is 8.76. The monoisotopic (exact) mass is 246 g/mol. The summed E-state index contributed by atoms with van der Waals surface area (Å²) in [6, 6.07) is 9.02. The zero-order chi connectivity index (χ0) is 13.0. The van der Waals surface area contributed by atoms with E-state index in [9.17, 15) is 4.79 Å². The second kappa shape index (κ2) is 5.49. The van der Waals surface area contributed by atoms with Crippen LogP contribution < -0.4 is 11.3 Å². The Labute approximate surface area is 105 Å². The molecular weight excluding hydrogens is 232 g/mol. The van der Waals surface area contributed by atoms with Crippen LogP contribution in [0.2, 0.25) is 0 Å². The first-order valence-corrected chi connectivity index (χ1v) is 5.62. The molecule has 6 heteroatoms. The Balaban J connectivity index is 2.18. The molecule has 1 atom stereocenters. The van der Waals surface area contributed by atoms with Gasteiger partial charge in [-0.15, -0.1) is 0 Å². The van der Waals surface area contributed by atoms with Gasteiger partial charge in [-0.25, -0.2) is 0 Å². The predicted molar refractivity (Wildman–Crippen MR) is 65.5 cm³/mol. The number of nitriles is 1. The highest BCUT2D eigenvalue weighted by Gasteiger charge is 2.25. The zero-order valence-electron chi connectivity index (χ0n) is 9.80. The maximum Gasteiger partial charge on any atom is 0.256 e. The number of hydrogen-bond donors (Lipinski definition) is 2. The van der Waals surface area contributed by atoms with E-state index >= 15 is 0 Å². The van der Waals surface area contributed by atoms with Crippen LogP contribution in [0.1, 0.15) is 10.4 Å². The number of amides is 1. The minimum Gasteiger partial charge on any atom is -0.360 e. The molecule has 18 heavy (non-hydrogen) atoms. The zero-order valence-corrected chi connectivity index (χ0v) is 9.80. The van der Waals surface area contributed by atoms with E-state index in [0.29, 0.717) is 24.4 Å². The summed E-state index contributed by atoms with van der Waals surface area (Å²) in [7, 11) is 0. The van der Waals surface area contributed by atoms with Gasteiger partial charge in [0, 0.05) is 6.54 Å². The average molecular weight is 246 g/mol. The summed E-state index contributed by atoms with van der Waals surface area (Å²) in [5.74, 6) is 5.23. The molecule has 1 amide bonds. The van der Waals surface area contributed by atoms with E-state index < -0.39 is 6.10 Å². The number of carbonyl (C=O) groups excluding carboxylic acids is 1. The van der Waals surface area contributed by atoms with Crippen LogP contribution in [0.4, 0.5) is 5.69 Å². The second-order valence-electron chi connectivity index (χ2n) is 3.93. The molecule has 1 fully saturated rings. The summed E-state index contributed by atoms with van der Waals surface area (Å²) >= 11 is 0. The predicted octanol–water partition coefficient (Wildman–Crippen LogP) is 0.337. The maximum atomic E-state index is 12.3. The molecule has 0 radical (unpaired) electrons. The van der Waals surface area contributed by atoms with E-state index in [-0.39, 0.29) is 12.5 Å². The number of hydrogen-bond acceptors (Lipinski definition) is 5. The number of ether oxygens (including phenoxy) is 1. The highest BCUT2D eigenvalue weighted by Crippen LogP contribution is 2.17. The molecule has 2 rings (SSSR count). The fourth-order valence-electron chi connectivity index (χ4n) is 1.88. The summed E-state index contributed by atoms with van der Waals surface area (Å²) in [6.45, 7) is 1.15. The normalized spacial score (nSPS) is 19.1. The molecule has 1 unspecified atom stereocenters. The Morgan fingerprint density at radius 1 is 1.56 bits per heavy atom. The average Bonchev–Trinajstić information content (AvgIpc) is 2.46. The molecule has 1 aromatic rings. The molecule has 0 aliphatic carbocycles. The minimum absolute atomic E-state index is 0.146. The van der Waals surface area contributed by atoms with Gasteiger partial charge in [0.15, 0.2) is 6.10 Å². The number of rotatable bonds is 2. The van der Waals surface area contributed by atoms with Crippen molar-refractivity contribution in [2.45, 2.75) is 6.10 Å². The third-order valence-electron chi connectivity index (χ3n) is 2.81. The molecular formula is C12H14N4O2. The number of morpholine rings is 1. The standard InChI is InChI=1S/C12H14N4O2/c13-7-9-8-16(5-6-18-9)12(17)10-3-1-2-4-11(10)15-14/h1-4,9,15H,5-6,8,14H2. The molecule has 0 bridgehead atoms. The number of nitrogens with zero attached hydrogens (tertiary/aromatic N) is 2. The second-order valence-corrected chi connectivity index (χ2v) is 3.93. The van der Waals surface area contributed by atoms with Gasteiger partial charge in [0.1, 0.15) is 0 Å². The van der Waals surface area contributed by atoms with Crippen LogP contribution in [0.3, 0.4) is 0 Å². The van der Waals surface area contributed by atoms with Crippen LogP contribution in [-0.2, 0) is 4.74 Å². The highest BCUT2D eigenvalue weighted by atomic mass is 16.5. The fourth-order valence-corrected chi connectivity index (χ4v) is 1.88. The number of carbonyl (C=O) groups is 1. The number of hydrazine groups is 1. The van der Waals surface area contributed by atoms with Gasteiger partial charge in [0.05, 0.1) is 30.5 Å². The van der Waals surface area contributed by atoms with Crippen LogP contribution in [0, 0.1) is 11.3 Å². The molecule has 0 aromatic heterocycles. The number of para-hydroxylation sites is 1. The molecule has 6 nitrogen and oxygen atoms in total. The molecule has 1 heterocycles. The van der Waals surface area contributed by atoms with E-state index in [4.69, 9.17) is 15.8 Å². The third kappa shape index (κ3) is 2.42. The van der Waals surface area contributed by atoms with Crippen molar-refractivity contribution >= 4 is 11.6 Å². The first kappa shape index (κ1) is 12.4. The molecule has 0 spiro atoms. The van der Waals surface area contributed by atoms with Gasteiger partial charge < -0.3 is 15.1 Å². The molecule has 0 saturated carbocycles. The molecule has 1 aliphatic heterocycles. The van der Waals surface area contributed by atoms with Gasteiger partial charge in [-0.3, -0.25) is 10.6 Å². The van der Waals surface area contributed by atoms with Crippen molar-refractivity contribution in [3.05, 3.63) is 29.8 Å². The molecule has 94 valence electrons. The fraction of sp³-hybridized carbons (Fsp3) is 0.333. The number of benzene rings is 1. The quantitative estimate of drug-likeness (QED) is 0.580. The summed E-state index contributed by atoms with van der Waals surface area (Å²) in [4.78, 5) is 13.9. The van der Waals surface area contributed by atoms with Crippen LogP contribution in [0.5, 0.6) is 0 Å². The van der Waals surface area contributed by atoms with Crippen molar-refractivity contribution < 1.29 is 9.53 Å². The van der Waals surface area contributed by atoms with Gasteiger partial charge in [-0.1, -0.05) is 12.1 Å². The van der Waals surface area contributed by atoms with E-state index in [0.717, 1.165) is 0 Å². The molecule has 3 N–H and O–H groups in total. The van der Waals surface area contributed by atoms with Gasteiger partial charge >= 0.3 is 0 Å². The van der Waals surface area contributed by atoms with Crippen molar-refractivity contribution in [2.24, 2.45) is 5.84 Å². The minimum atomic E-state index is -0.555. The highest BCUT2D eigenvalue weighted by molar-refractivity contribution is 5.99. The lowest BCUT2D eigenvalue weighted by Gasteiger charge is -2.30. The first-order valence-electron chi connectivity index (χ1n) is 5.62. The van der Waals surface area contributed by atoms with Gasteiger partial charge in [-0.2, -0.15) is 5.26 Å². The Morgan fingerprint density at radius 2 is 2.33 bits per heavy atom. The van der Waals surface area contributed by atoms with Gasteiger partial charge in [0.2, 0.25) is 0 Å². The SMILES string of the molecule is N#CC1CN(C(=O)c2ccccc2NN)CCO1. The summed E-state index contributed by atoms with van der Waals surface area (Å²) < 4.78 is 5.20. The van der Waals surface area contributed by atoms with Crippen LogP contribution in [0.15, 0.2) is 24.3 Å². The van der Waals surface area contributed by atoms with Crippen molar-refractivity contribution in [3.63, 3.8) is 0 Å². The van der Waals surface area contributed by atoms with Crippen molar-refractivity contribution in [1.29, 1.82) is 5.26 Å². The van der Waals surface area contributed by atoms with Crippen LogP contribution >= 0.6 is 0 Å². The van der Waals surface area contributed by atoms with Crippen molar-refractivity contribution in [3.8, 4) is 6.07 Å². The van der Waals surface area contributed by atoms with E-state index in [1.807, 2.05) is 6.07 Å². The summed E-state index contributed by atoms with van der Waals surface area (Å²) in [5.41, 5.74) is 3.57. The number of nitrogens with one attached hydrogen (secondary N) is 1. The topological polar surface area (TPSA) is 91.4 Å². The largest absolute Gasteiger partial charge is 0.360 e. The number of nitrogen functional groups attached to an aromatic ring is 1. The lowest BCUT2D eigenvalue weighted by Crippen LogP contribution is -2.45. The molecule has 1 aromatic carbocycles. The summed E-state index contributed by atoms with van der Waals surface area (Å²) in [5, 5.41) is 8.82. The van der Waals surface area contributed by atoms with Crippen LogP contribution in [0.25, 0.3) is 0 Å². The van der Waals surface area contributed by atoms with Crippen LogP contribution in [-0.4, -0.2) is 36.6 Å².